The van der Waals surface area contributed by atoms with Crippen LogP contribution in [0.2, 0.25) is 0 Å². The summed E-state index contributed by atoms with van der Waals surface area (Å²) in [7, 11) is 0. The van der Waals surface area contributed by atoms with E-state index in [1.165, 1.54) is 6.26 Å². The van der Waals surface area contributed by atoms with Gasteiger partial charge in [0.05, 0.1) is 6.26 Å². The fraction of sp³-hybridized carbons (Fsp3) is 0.0667. The molecule has 3 aromatic rings. The lowest BCUT2D eigenvalue weighted by Gasteiger charge is -2.09. The first-order valence-corrected chi connectivity index (χ1v) is 5.69. The van der Waals surface area contributed by atoms with E-state index in [9.17, 15) is 10.2 Å². The molecule has 3 rings (SSSR count). The van der Waals surface area contributed by atoms with Crippen LogP contribution >= 0.6 is 0 Å². The van der Waals surface area contributed by atoms with Gasteiger partial charge in [0.2, 0.25) is 0 Å². The second kappa shape index (κ2) is 4.20. The molecular formula is C15H12O3. The second-order valence-electron chi connectivity index (χ2n) is 4.18. The summed E-state index contributed by atoms with van der Waals surface area (Å²) >= 11 is 0. The Kier molecular flexibility index (Phi) is 2.54. The molecule has 0 amide bonds. The van der Waals surface area contributed by atoms with Crippen molar-refractivity contribution in [3.05, 3.63) is 65.9 Å². The van der Waals surface area contributed by atoms with Gasteiger partial charge in [-0.15, -0.1) is 0 Å². The minimum atomic E-state index is -0.755. The summed E-state index contributed by atoms with van der Waals surface area (Å²) in [5, 5.41) is 20.6. The number of rotatable bonds is 2. The van der Waals surface area contributed by atoms with Gasteiger partial charge in [-0.25, -0.2) is 0 Å². The third-order valence-corrected chi connectivity index (χ3v) is 3.00. The lowest BCUT2D eigenvalue weighted by molar-refractivity contribution is 0.220. The van der Waals surface area contributed by atoms with Crippen molar-refractivity contribution in [2.24, 2.45) is 0 Å². The molecule has 0 saturated heterocycles. The number of benzene rings is 2. The maximum absolute atomic E-state index is 10.3. The van der Waals surface area contributed by atoms with E-state index in [0.717, 1.165) is 10.9 Å². The third-order valence-electron chi connectivity index (χ3n) is 3.00. The van der Waals surface area contributed by atoms with E-state index in [-0.39, 0.29) is 5.75 Å². The highest BCUT2D eigenvalue weighted by Crippen LogP contribution is 2.32. The number of hydrogen-bond donors (Lipinski definition) is 2. The quantitative estimate of drug-likeness (QED) is 0.723. The van der Waals surface area contributed by atoms with Crippen molar-refractivity contribution >= 4 is 11.0 Å². The number of furan rings is 1. The Morgan fingerprint density at radius 2 is 1.78 bits per heavy atom. The van der Waals surface area contributed by atoms with Crippen molar-refractivity contribution < 1.29 is 14.6 Å². The lowest BCUT2D eigenvalue weighted by Crippen LogP contribution is -1.97. The standard InChI is InChI=1S/C15H12O3/c16-11-6-7-14-12(8-11)13(9-18-14)15(17)10-4-2-1-3-5-10/h1-9,15-17H. The molecule has 0 saturated carbocycles. The molecule has 1 atom stereocenters. The van der Waals surface area contributed by atoms with Gasteiger partial charge in [0, 0.05) is 10.9 Å². The largest absolute Gasteiger partial charge is 0.508 e. The van der Waals surface area contributed by atoms with E-state index in [1.807, 2.05) is 30.3 Å². The van der Waals surface area contributed by atoms with Crippen molar-refractivity contribution in [3.63, 3.8) is 0 Å². The Bertz CT molecular complexity index is 671. The van der Waals surface area contributed by atoms with Gasteiger partial charge in [0.1, 0.15) is 17.4 Å². The summed E-state index contributed by atoms with van der Waals surface area (Å²) < 4.78 is 5.38. The minimum absolute atomic E-state index is 0.158. The predicted molar refractivity (Wildman–Crippen MR) is 68.4 cm³/mol. The number of aliphatic hydroxyl groups is 1. The van der Waals surface area contributed by atoms with Gasteiger partial charge < -0.3 is 14.6 Å². The van der Waals surface area contributed by atoms with Gasteiger partial charge in [-0.1, -0.05) is 30.3 Å². The molecule has 1 unspecified atom stereocenters. The Labute approximate surface area is 104 Å². The Morgan fingerprint density at radius 3 is 2.56 bits per heavy atom. The van der Waals surface area contributed by atoms with Crippen molar-refractivity contribution in [1.29, 1.82) is 0 Å². The Balaban J connectivity index is 2.12. The first-order chi connectivity index (χ1) is 8.75. The summed E-state index contributed by atoms with van der Waals surface area (Å²) in [4.78, 5) is 0. The second-order valence-corrected chi connectivity index (χ2v) is 4.18. The molecule has 2 N–H and O–H groups in total. The molecule has 0 aliphatic heterocycles. The molecule has 0 bridgehead atoms. The molecular weight excluding hydrogens is 228 g/mol. The van der Waals surface area contributed by atoms with Crippen LogP contribution in [0.5, 0.6) is 5.75 Å². The maximum Gasteiger partial charge on any atom is 0.134 e. The van der Waals surface area contributed by atoms with Gasteiger partial charge in [-0.05, 0) is 23.8 Å². The van der Waals surface area contributed by atoms with Crippen LogP contribution < -0.4 is 0 Å². The zero-order chi connectivity index (χ0) is 12.5. The topological polar surface area (TPSA) is 53.6 Å². The van der Waals surface area contributed by atoms with Crippen LogP contribution in [0.25, 0.3) is 11.0 Å². The fourth-order valence-corrected chi connectivity index (χ4v) is 2.06. The molecule has 0 radical (unpaired) electrons. The SMILES string of the molecule is Oc1ccc2occ(C(O)c3ccccc3)c2c1. The van der Waals surface area contributed by atoms with Gasteiger partial charge in [-0.3, -0.25) is 0 Å². The molecule has 0 aliphatic rings. The third kappa shape index (κ3) is 1.75. The first-order valence-electron chi connectivity index (χ1n) is 5.69. The monoisotopic (exact) mass is 240 g/mol. The van der Waals surface area contributed by atoms with E-state index in [0.29, 0.717) is 11.1 Å². The number of fused-ring (bicyclic) bond motifs is 1. The minimum Gasteiger partial charge on any atom is -0.508 e. The highest BCUT2D eigenvalue weighted by atomic mass is 16.3. The van der Waals surface area contributed by atoms with Gasteiger partial charge in [0.15, 0.2) is 0 Å². The number of phenols is 1. The Morgan fingerprint density at radius 1 is 1.00 bits per heavy atom. The van der Waals surface area contributed by atoms with Crippen LogP contribution in [-0.4, -0.2) is 10.2 Å². The van der Waals surface area contributed by atoms with Crippen LogP contribution in [-0.2, 0) is 0 Å². The molecule has 18 heavy (non-hydrogen) atoms. The molecule has 0 fully saturated rings. The van der Waals surface area contributed by atoms with Crippen molar-refractivity contribution in [3.8, 4) is 5.75 Å². The van der Waals surface area contributed by atoms with Gasteiger partial charge in [-0.2, -0.15) is 0 Å². The van der Waals surface area contributed by atoms with Crippen LogP contribution in [0.3, 0.4) is 0 Å². The molecule has 2 aromatic carbocycles. The molecule has 1 aromatic heterocycles. The molecule has 0 aliphatic carbocycles. The van der Waals surface area contributed by atoms with Crippen LogP contribution in [0, 0.1) is 0 Å². The van der Waals surface area contributed by atoms with E-state index in [4.69, 9.17) is 4.42 Å². The molecule has 3 heteroatoms. The van der Waals surface area contributed by atoms with Crippen LogP contribution in [0.4, 0.5) is 0 Å². The number of aromatic hydroxyl groups is 1. The van der Waals surface area contributed by atoms with Gasteiger partial charge in [0.25, 0.3) is 0 Å². The highest BCUT2D eigenvalue weighted by Gasteiger charge is 2.16. The smallest absolute Gasteiger partial charge is 0.134 e. The van der Waals surface area contributed by atoms with E-state index < -0.39 is 6.10 Å². The molecule has 90 valence electrons. The van der Waals surface area contributed by atoms with E-state index in [2.05, 4.69) is 0 Å². The maximum atomic E-state index is 10.3. The van der Waals surface area contributed by atoms with E-state index in [1.54, 1.807) is 18.2 Å². The van der Waals surface area contributed by atoms with E-state index >= 15 is 0 Å². The van der Waals surface area contributed by atoms with Crippen molar-refractivity contribution in [2.45, 2.75) is 6.10 Å². The average Bonchev–Trinajstić information content (AvgIpc) is 2.82. The predicted octanol–water partition coefficient (Wildman–Crippen LogP) is 3.22. The first kappa shape index (κ1) is 10.9. The summed E-state index contributed by atoms with van der Waals surface area (Å²) in [6, 6.07) is 14.2. The van der Waals surface area contributed by atoms with Crippen molar-refractivity contribution in [1.82, 2.24) is 0 Å². The van der Waals surface area contributed by atoms with Crippen LogP contribution in [0.1, 0.15) is 17.2 Å². The number of hydrogen-bond acceptors (Lipinski definition) is 3. The normalized spacial score (nSPS) is 12.7. The molecule has 1 heterocycles. The van der Waals surface area contributed by atoms with Crippen molar-refractivity contribution in [2.75, 3.05) is 0 Å². The summed E-state index contributed by atoms with van der Waals surface area (Å²) in [6.45, 7) is 0. The molecule has 3 nitrogen and oxygen atoms in total. The van der Waals surface area contributed by atoms with Crippen LogP contribution in [0.15, 0.2) is 59.2 Å². The highest BCUT2D eigenvalue weighted by molar-refractivity contribution is 5.83. The fourth-order valence-electron chi connectivity index (χ4n) is 2.06. The zero-order valence-electron chi connectivity index (χ0n) is 9.58. The number of aliphatic hydroxyl groups excluding tert-OH is 1. The number of phenolic OH excluding ortho intramolecular Hbond substituents is 1. The summed E-state index contributed by atoms with van der Waals surface area (Å²) in [5.41, 5.74) is 2.11. The summed E-state index contributed by atoms with van der Waals surface area (Å²) in [6.07, 6.45) is 0.774. The lowest BCUT2D eigenvalue weighted by atomic mass is 10.0. The Hall–Kier alpha value is -2.26. The summed E-state index contributed by atoms with van der Waals surface area (Å²) in [5.74, 6) is 0.158. The van der Waals surface area contributed by atoms with Gasteiger partial charge >= 0.3 is 0 Å². The average molecular weight is 240 g/mol. The molecule has 0 spiro atoms. The zero-order valence-corrected chi connectivity index (χ0v) is 9.58.